The summed E-state index contributed by atoms with van der Waals surface area (Å²) in [4.78, 5) is 3.87. The van der Waals surface area contributed by atoms with Crippen LogP contribution in [-0.4, -0.2) is 16.0 Å². The highest BCUT2D eigenvalue weighted by Gasteiger charge is 2.15. The Balaban J connectivity index is 2.42. The lowest BCUT2D eigenvalue weighted by Crippen LogP contribution is -2.14. The Labute approximate surface area is 123 Å². The van der Waals surface area contributed by atoms with Gasteiger partial charge in [-0.05, 0) is 18.2 Å². The summed E-state index contributed by atoms with van der Waals surface area (Å²) in [6.45, 7) is 0. The molecule has 1 aromatic carbocycles. The third-order valence-corrected chi connectivity index (χ3v) is 3.02. The summed E-state index contributed by atoms with van der Waals surface area (Å²) >= 11 is 11.7. The Morgan fingerprint density at radius 2 is 2.10 bits per heavy atom. The van der Waals surface area contributed by atoms with E-state index in [9.17, 15) is 4.39 Å². The minimum absolute atomic E-state index is 0.0119. The Hall–Kier alpha value is -2.05. The van der Waals surface area contributed by atoms with Gasteiger partial charge in [0.25, 0.3) is 0 Å². The number of nitrogens with zero attached hydrogens (tertiary/aromatic N) is 2. The fourth-order valence-corrected chi connectivity index (χ4v) is 1.83. The highest BCUT2D eigenvalue weighted by Crippen LogP contribution is 2.32. The normalized spacial score (nSPS) is 11.4. The number of amidine groups is 1. The van der Waals surface area contributed by atoms with Crippen LogP contribution in [0.4, 0.5) is 4.39 Å². The van der Waals surface area contributed by atoms with Gasteiger partial charge in [0.05, 0.1) is 5.02 Å². The van der Waals surface area contributed by atoms with E-state index in [1.54, 1.807) is 0 Å². The van der Waals surface area contributed by atoms with Crippen molar-refractivity contribution in [2.75, 3.05) is 0 Å². The number of halogens is 3. The number of pyridine rings is 1. The van der Waals surface area contributed by atoms with E-state index in [0.29, 0.717) is 0 Å². The van der Waals surface area contributed by atoms with Gasteiger partial charge in [-0.15, -0.1) is 0 Å². The van der Waals surface area contributed by atoms with Gasteiger partial charge in [0.1, 0.15) is 5.02 Å². The smallest absolute Gasteiger partial charge is 0.239 e. The zero-order valence-corrected chi connectivity index (χ0v) is 11.4. The van der Waals surface area contributed by atoms with Gasteiger partial charge in [0.2, 0.25) is 5.88 Å². The lowest BCUT2D eigenvalue weighted by Gasteiger charge is -2.10. The number of benzene rings is 1. The monoisotopic (exact) mass is 315 g/mol. The topological polar surface area (TPSA) is 80.7 Å². The SMILES string of the molecule is N/C(=N/O)c1ccnc(Oc2cccc(Cl)c2F)c1Cl. The molecule has 0 amide bonds. The molecule has 20 heavy (non-hydrogen) atoms. The molecule has 0 saturated heterocycles. The van der Waals surface area contributed by atoms with Crippen molar-refractivity contribution >= 4 is 29.0 Å². The van der Waals surface area contributed by atoms with Crippen LogP contribution in [-0.2, 0) is 0 Å². The fourth-order valence-electron chi connectivity index (χ4n) is 1.41. The van der Waals surface area contributed by atoms with Crippen LogP contribution in [0.15, 0.2) is 35.6 Å². The molecule has 104 valence electrons. The molecule has 0 atom stereocenters. The van der Waals surface area contributed by atoms with E-state index in [1.807, 2.05) is 0 Å². The molecule has 0 bridgehead atoms. The first-order chi connectivity index (χ1) is 9.54. The zero-order valence-electron chi connectivity index (χ0n) is 9.85. The van der Waals surface area contributed by atoms with Crippen LogP contribution in [0.1, 0.15) is 5.56 Å². The summed E-state index contributed by atoms with van der Waals surface area (Å²) < 4.78 is 19.0. The van der Waals surface area contributed by atoms with Crippen LogP contribution in [0.5, 0.6) is 11.6 Å². The van der Waals surface area contributed by atoms with E-state index in [4.69, 9.17) is 38.9 Å². The molecule has 0 fully saturated rings. The van der Waals surface area contributed by atoms with E-state index in [-0.39, 0.29) is 33.1 Å². The summed E-state index contributed by atoms with van der Waals surface area (Å²) in [5.41, 5.74) is 5.66. The maximum Gasteiger partial charge on any atom is 0.239 e. The molecule has 0 saturated carbocycles. The number of rotatable bonds is 3. The molecule has 1 heterocycles. The number of hydrogen-bond donors (Lipinski definition) is 2. The standard InChI is InChI=1S/C12H8Cl2FN3O2/c13-7-2-1-3-8(10(7)15)20-12-9(14)6(4-5-17-12)11(16)18-19/h1-5,19H,(H2,16,18). The van der Waals surface area contributed by atoms with Crippen LogP contribution in [0.25, 0.3) is 0 Å². The maximum atomic E-state index is 13.7. The van der Waals surface area contributed by atoms with Crippen molar-refractivity contribution in [2.45, 2.75) is 0 Å². The molecule has 1 aromatic heterocycles. The largest absolute Gasteiger partial charge is 0.434 e. The minimum atomic E-state index is -0.735. The Morgan fingerprint density at radius 1 is 1.35 bits per heavy atom. The third kappa shape index (κ3) is 2.76. The number of oxime groups is 1. The Kier molecular flexibility index (Phi) is 4.26. The van der Waals surface area contributed by atoms with Gasteiger partial charge in [-0.1, -0.05) is 34.4 Å². The van der Waals surface area contributed by atoms with Crippen LogP contribution >= 0.6 is 23.2 Å². The van der Waals surface area contributed by atoms with Crippen LogP contribution in [0.3, 0.4) is 0 Å². The van der Waals surface area contributed by atoms with E-state index >= 15 is 0 Å². The molecule has 5 nitrogen and oxygen atoms in total. The van der Waals surface area contributed by atoms with Gasteiger partial charge in [-0.2, -0.15) is 0 Å². The Morgan fingerprint density at radius 3 is 2.80 bits per heavy atom. The summed E-state index contributed by atoms with van der Waals surface area (Å²) in [6, 6.07) is 5.70. The van der Waals surface area contributed by atoms with E-state index in [2.05, 4.69) is 10.1 Å². The molecule has 8 heteroatoms. The van der Waals surface area contributed by atoms with Crippen LogP contribution < -0.4 is 10.5 Å². The number of ether oxygens (including phenoxy) is 1. The van der Waals surface area contributed by atoms with Crippen molar-refractivity contribution in [3.05, 3.63) is 51.9 Å². The average Bonchev–Trinajstić information content (AvgIpc) is 2.45. The second-order valence-electron chi connectivity index (χ2n) is 3.62. The summed E-state index contributed by atoms with van der Waals surface area (Å²) in [5.74, 6) is -1.17. The highest BCUT2D eigenvalue weighted by atomic mass is 35.5. The van der Waals surface area contributed by atoms with Gasteiger partial charge in [-0.25, -0.2) is 9.37 Å². The van der Waals surface area contributed by atoms with Gasteiger partial charge >= 0.3 is 0 Å². The van der Waals surface area contributed by atoms with E-state index in [0.717, 1.165) is 0 Å². The Bertz CT molecular complexity index is 680. The van der Waals surface area contributed by atoms with Gasteiger partial charge < -0.3 is 15.7 Å². The van der Waals surface area contributed by atoms with Crippen molar-refractivity contribution in [1.82, 2.24) is 4.98 Å². The predicted molar refractivity (Wildman–Crippen MR) is 73.2 cm³/mol. The molecular weight excluding hydrogens is 308 g/mol. The quantitative estimate of drug-likeness (QED) is 0.393. The minimum Gasteiger partial charge on any atom is -0.434 e. The van der Waals surface area contributed by atoms with Gasteiger partial charge in [0.15, 0.2) is 17.4 Å². The predicted octanol–water partition coefficient (Wildman–Crippen LogP) is 3.41. The van der Waals surface area contributed by atoms with Gasteiger partial charge in [0, 0.05) is 11.8 Å². The second kappa shape index (κ2) is 5.94. The molecular formula is C12H8Cl2FN3O2. The first kappa shape index (κ1) is 14.4. The van der Waals surface area contributed by atoms with Crippen LogP contribution in [0, 0.1) is 5.82 Å². The summed E-state index contributed by atoms with van der Waals surface area (Å²) in [7, 11) is 0. The van der Waals surface area contributed by atoms with Crippen molar-refractivity contribution in [1.29, 1.82) is 0 Å². The van der Waals surface area contributed by atoms with E-state index in [1.165, 1.54) is 30.5 Å². The van der Waals surface area contributed by atoms with Crippen molar-refractivity contribution in [3.63, 3.8) is 0 Å². The summed E-state index contributed by atoms with van der Waals surface area (Å²) in [6.07, 6.45) is 1.33. The first-order valence-electron chi connectivity index (χ1n) is 5.29. The van der Waals surface area contributed by atoms with Crippen molar-refractivity contribution < 1.29 is 14.3 Å². The molecule has 2 rings (SSSR count). The lowest BCUT2D eigenvalue weighted by atomic mass is 10.2. The first-order valence-corrected chi connectivity index (χ1v) is 6.04. The van der Waals surface area contributed by atoms with Crippen molar-refractivity contribution in [2.24, 2.45) is 10.9 Å². The molecule has 0 aliphatic rings. The molecule has 3 N–H and O–H groups in total. The number of nitrogens with two attached hydrogens (primary N) is 1. The number of aromatic nitrogens is 1. The second-order valence-corrected chi connectivity index (χ2v) is 4.40. The van der Waals surface area contributed by atoms with Crippen LogP contribution in [0.2, 0.25) is 10.0 Å². The molecule has 0 aliphatic carbocycles. The maximum absolute atomic E-state index is 13.7. The molecule has 0 spiro atoms. The highest BCUT2D eigenvalue weighted by molar-refractivity contribution is 6.35. The van der Waals surface area contributed by atoms with Crippen molar-refractivity contribution in [3.8, 4) is 11.6 Å². The fraction of sp³-hybridized carbons (Fsp3) is 0. The average molecular weight is 316 g/mol. The zero-order chi connectivity index (χ0) is 14.7. The summed E-state index contributed by atoms with van der Waals surface area (Å²) in [5, 5.41) is 11.4. The molecule has 0 unspecified atom stereocenters. The number of hydrogen-bond acceptors (Lipinski definition) is 4. The molecule has 0 aliphatic heterocycles. The van der Waals surface area contributed by atoms with Gasteiger partial charge in [-0.3, -0.25) is 0 Å². The van der Waals surface area contributed by atoms with E-state index < -0.39 is 5.82 Å². The third-order valence-electron chi connectivity index (χ3n) is 2.36. The lowest BCUT2D eigenvalue weighted by molar-refractivity contribution is 0.318. The molecule has 2 aromatic rings. The molecule has 0 radical (unpaired) electrons.